The minimum absolute atomic E-state index is 0.0365. The summed E-state index contributed by atoms with van der Waals surface area (Å²) in [6.07, 6.45) is 3.40. The molecule has 22 heavy (non-hydrogen) atoms. The molecular formula is C16H15N2O4+. The van der Waals surface area contributed by atoms with Crippen molar-refractivity contribution in [2.75, 3.05) is 12.1 Å². The zero-order chi connectivity index (χ0) is 15.5. The molecule has 0 unspecified atom stereocenters. The van der Waals surface area contributed by atoms with Crippen LogP contribution in [0.15, 0.2) is 42.7 Å². The van der Waals surface area contributed by atoms with Crippen molar-refractivity contribution in [1.82, 2.24) is 0 Å². The fourth-order valence-corrected chi connectivity index (χ4v) is 2.17. The summed E-state index contributed by atoms with van der Waals surface area (Å²) in [5.41, 5.74) is 1.20. The Labute approximate surface area is 127 Å². The highest BCUT2D eigenvalue weighted by Crippen LogP contribution is 2.34. The molecule has 6 heteroatoms. The van der Waals surface area contributed by atoms with Gasteiger partial charge in [0.15, 0.2) is 29.7 Å². The third-order valence-corrected chi connectivity index (χ3v) is 3.25. The molecule has 0 radical (unpaired) electrons. The summed E-state index contributed by atoms with van der Waals surface area (Å²) in [5.74, 6) is 1.06. The van der Waals surface area contributed by atoms with E-state index in [-0.39, 0.29) is 25.0 Å². The van der Waals surface area contributed by atoms with Gasteiger partial charge in [-0.3, -0.25) is 9.59 Å². The Hall–Kier alpha value is -2.89. The molecule has 1 aromatic heterocycles. The van der Waals surface area contributed by atoms with Crippen LogP contribution in [0, 0.1) is 0 Å². The van der Waals surface area contributed by atoms with E-state index in [0.717, 1.165) is 0 Å². The Morgan fingerprint density at radius 1 is 1.23 bits per heavy atom. The monoisotopic (exact) mass is 299 g/mol. The lowest BCUT2D eigenvalue weighted by Crippen LogP contribution is -2.40. The van der Waals surface area contributed by atoms with Gasteiger partial charge in [0.2, 0.25) is 13.3 Å². The second-order valence-corrected chi connectivity index (χ2v) is 4.94. The van der Waals surface area contributed by atoms with E-state index in [1.165, 1.54) is 6.92 Å². The summed E-state index contributed by atoms with van der Waals surface area (Å²) >= 11 is 0. The Balaban J connectivity index is 1.67. The predicted octanol–water partition coefficient (Wildman–Crippen LogP) is 1.54. The number of nitrogens with zero attached hydrogens (tertiary/aromatic N) is 1. The van der Waals surface area contributed by atoms with Gasteiger partial charge in [0.05, 0.1) is 5.56 Å². The zero-order valence-corrected chi connectivity index (χ0v) is 12.0. The quantitative estimate of drug-likeness (QED) is 0.687. The first-order valence-electron chi connectivity index (χ1n) is 6.81. The van der Waals surface area contributed by atoms with Crippen LogP contribution in [0.3, 0.4) is 0 Å². The molecule has 112 valence electrons. The summed E-state index contributed by atoms with van der Waals surface area (Å²) in [6, 6.07) is 8.68. The number of ketones is 1. The number of amides is 1. The third kappa shape index (κ3) is 3.06. The van der Waals surface area contributed by atoms with Crippen LogP contribution in [-0.2, 0) is 11.3 Å². The lowest BCUT2D eigenvalue weighted by molar-refractivity contribution is -0.684. The normalized spacial score (nSPS) is 12.0. The molecule has 1 aliphatic heterocycles. The number of carbonyl (C=O) groups is 2. The second-order valence-electron chi connectivity index (χ2n) is 4.94. The Morgan fingerprint density at radius 2 is 2.05 bits per heavy atom. The van der Waals surface area contributed by atoms with Crippen LogP contribution >= 0.6 is 0 Å². The van der Waals surface area contributed by atoms with Gasteiger partial charge in [-0.1, -0.05) is 0 Å². The van der Waals surface area contributed by atoms with Crippen molar-refractivity contribution in [2.24, 2.45) is 0 Å². The first-order valence-corrected chi connectivity index (χ1v) is 6.81. The maximum atomic E-state index is 12.1. The van der Waals surface area contributed by atoms with Gasteiger partial charge in [0.25, 0.3) is 5.91 Å². The van der Waals surface area contributed by atoms with Crippen LogP contribution in [-0.4, -0.2) is 18.5 Å². The molecule has 0 spiro atoms. The lowest BCUT2D eigenvalue weighted by Gasteiger charge is -2.04. The summed E-state index contributed by atoms with van der Waals surface area (Å²) in [6.45, 7) is 1.81. The molecule has 6 nitrogen and oxygen atoms in total. The number of hydrogen-bond donors (Lipinski definition) is 1. The molecule has 2 aromatic rings. The van der Waals surface area contributed by atoms with Crippen LogP contribution < -0.4 is 19.4 Å². The van der Waals surface area contributed by atoms with Crippen LogP contribution in [0.25, 0.3) is 0 Å². The van der Waals surface area contributed by atoms with Gasteiger partial charge in [-0.25, -0.2) is 0 Å². The fraction of sp³-hybridized carbons (Fsp3) is 0.188. The number of Topliss-reactive ketones (excluding diaryl/α,β-unsaturated/α-hetero) is 1. The predicted molar refractivity (Wildman–Crippen MR) is 77.8 cm³/mol. The van der Waals surface area contributed by atoms with E-state index in [0.29, 0.717) is 22.7 Å². The highest BCUT2D eigenvalue weighted by molar-refractivity contribution is 5.93. The summed E-state index contributed by atoms with van der Waals surface area (Å²) < 4.78 is 12.1. The van der Waals surface area contributed by atoms with Crippen LogP contribution in [0.4, 0.5) is 5.69 Å². The maximum Gasteiger partial charge on any atom is 0.290 e. The Bertz CT molecular complexity index is 743. The van der Waals surface area contributed by atoms with Gasteiger partial charge in [0, 0.05) is 17.8 Å². The highest BCUT2D eigenvalue weighted by Gasteiger charge is 2.16. The van der Waals surface area contributed by atoms with Crippen molar-refractivity contribution in [3.8, 4) is 11.5 Å². The molecule has 1 aliphatic rings. The number of hydrogen-bond acceptors (Lipinski definition) is 4. The number of carbonyl (C=O) groups excluding carboxylic acids is 2. The highest BCUT2D eigenvalue weighted by atomic mass is 16.7. The molecule has 2 heterocycles. The van der Waals surface area contributed by atoms with Crippen LogP contribution in [0.5, 0.6) is 11.5 Å². The minimum atomic E-state index is -0.190. The number of anilines is 1. The van der Waals surface area contributed by atoms with Crippen molar-refractivity contribution in [3.05, 3.63) is 48.3 Å². The molecule has 0 atom stereocenters. The average Bonchev–Trinajstić information content (AvgIpc) is 2.95. The first kappa shape index (κ1) is 14.1. The van der Waals surface area contributed by atoms with E-state index in [2.05, 4.69) is 5.32 Å². The largest absolute Gasteiger partial charge is 0.454 e. The van der Waals surface area contributed by atoms with E-state index in [4.69, 9.17) is 9.47 Å². The topological polar surface area (TPSA) is 68.5 Å². The molecule has 1 aromatic carbocycles. The third-order valence-electron chi connectivity index (χ3n) is 3.25. The van der Waals surface area contributed by atoms with Crippen molar-refractivity contribution >= 4 is 17.4 Å². The second kappa shape index (κ2) is 5.85. The number of rotatable bonds is 4. The van der Waals surface area contributed by atoms with Crippen molar-refractivity contribution < 1.29 is 23.6 Å². The molecular weight excluding hydrogens is 284 g/mol. The Kier molecular flexibility index (Phi) is 3.74. The number of pyridine rings is 1. The molecule has 1 N–H and O–H groups in total. The van der Waals surface area contributed by atoms with Crippen molar-refractivity contribution in [1.29, 1.82) is 0 Å². The van der Waals surface area contributed by atoms with Crippen molar-refractivity contribution in [3.63, 3.8) is 0 Å². The molecule has 0 bridgehead atoms. The lowest BCUT2D eigenvalue weighted by atomic mass is 10.2. The van der Waals surface area contributed by atoms with Gasteiger partial charge < -0.3 is 14.8 Å². The smallest absolute Gasteiger partial charge is 0.290 e. The number of nitrogens with one attached hydrogen (secondary N) is 1. The number of fused-ring (bicyclic) bond motifs is 1. The van der Waals surface area contributed by atoms with Gasteiger partial charge in [-0.05, 0) is 25.1 Å². The van der Waals surface area contributed by atoms with E-state index in [1.54, 1.807) is 47.3 Å². The van der Waals surface area contributed by atoms with Gasteiger partial charge in [0.1, 0.15) is 0 Å². The van der Waals surface area contributed by atoms with Gasteiger partial charge in [-0.2, -0.15) is 4.57 Å². The Morgan fingerprint density at radius 3 is 2.86 bits per heavy atom. The van der Waals surface area contributed by atoms with Crippen molar-refractivity contribution in [2.45, 2.75) is 13.5 Å². The molecule has 1 amide bonds. The molecule has 3 rings (SSSR count). The van der Waals surface area contributed by atoms with Crippen LogP contribution in [0.2, 0.25) is 0 Å². The minimum Gasteiger partial charge on any atom is -0.454 e. The average molecular weight is 299 g/mol. The summed E-state index contributed by atoms with van der Waals surface area (Å²) in [5, 5.41) is 2.79. The van der Waals surface area contributed by atoms with Crippen LogP contribution in [0.1, 0.15) is 17.3 Å². The molecule has 0 saturated carbocycles. The van der Waals surface area contributed by atoms with Gasteiger partial charge in [-0.15, -0.1) is 0 Å². The molecule has 0 fully saturated rings. The van der Waals surface area contributed by atoms with E-state index in [1.807, 2.05) is 0 Å². The first-order chi connectivity index (χ1) is 10.6. The van der Waals surface area contributed by atoms with E-state index in [9.17, 15) is 9.59 Å². The van der Waals surface area contributed by atoms with E-state index < -0.39 is 0 Å². The maximum absolute atomic E-state index is 12.1. The molecule has 0 aliphatic carbocycles. The fourth-order valence-electron chi connectivity index (χ4n) is 2.17. The summed E-state index contributed by atoms with van der Waals surface area (Å²) in [4.78, 5) is 23.4. The van der Waals surface area contributed by atoms with Gasteiger partial charge >= 0.3 is 0 Å². The standard InChI is InChI=1S/C16H14N2O4/c1-11(19)12-3-2-6-18(8-12)9-16(20)17-13-4-5-14-15(7-13)22-10-21-14/h2-8H,9-10H2,1H3/p+1. The van der Waals surface area contributed by atoms with E-state index >= 15 is 0 Å². The zero-order valence-electron chi connectivity index (χ0n) is 12.0. The molecule has 0 saturated heterocycles. The summed E-state index contributed by atoms with van der Waals surface area (Å²) in [7, 11) is 0. The number of aromatic nitrogens is 1. The number of benzene rings is 1. The number of ether oxygens (including phenoxy) is 2. The SMILES string of the molecule is CC(=O)c1ccc[n+](CC(=O)Nc2ccc3c(c2)OCO3)c1.